The van der Waals surface area contributed by atoms with E-state index in [1.165, 1.54) is 17.0 Å². The second-order valence-corrected chi connectivity index (χ2v) is 7.79. The Morgan fingerprint density at radius 3 is 2.38 bits per heavy atom. The smallest absolute Gasteiger partial charge is 0.242 e. The molecule has 0 unspecified atom stereocenters. The number of hydrogen-bond donors (Lipinski definition) is 1. The van der Waals surface area contributed by atoms with Crippen LogP contribution in [-0.2, 0) is 22.6 Å². The molecule has 0 saturated heterocycles. The Hall–Kier alpha value is -2.40. The first kappa shape index (κ1) is 22.9. The second kappa shape index (κ2) is 10.4. The lowest BCUT2D eigenvalue weighted by Crippen LogP contribution is -2.50. The molecule has 156 valence electrons. The van der Waals surface area contributed by atoms with Gasteiger partial charge in [0.25, 0.3) is 0 Å². The van der Waals surface area contributed by atoms with Crippen molar-refractivity contribution in [1.82, 2.24) is 10.2 Å². The van der Waals surface area contributed by atoms with Crippen molar-refractivity contribution in [3.63, 3.8) is 0 Å². The van der Waals surface area contributed by atoms with Crippen LogP contribution >= 0.6 is 11.6 Å². The molecule has 29 heavy (non-hydrogen) atoms. The van der Waals surface area contributed by atoms with E-state index in [0.717, 1.165) is 17.5 Å². The summed E-state index contributed by atoms with van der Waals surface area (Å²) in [5.74, 6) is -1.12. The third-order valence-corrected chi connectivity index (χ3v) is 5.39. The highest BCUT2D eigenvalue weighted by Gasteiger charge is 2.27. The first-order chi connectivity index (χ1) is 13.7. The predicted octanol–water partition coefficient (Wildman–Crippen LogP) is 4.66. The van der Waals surface area contributed by atoms with Gasteiger partial charge in [0.15, 0.2) is 0 Å². The molecule has 0 fully saturated rings. The van der Waals surface area contributed by atoms with E-state index in [4.69, 9.17) is 11.6 Å². The van der Waals surface area contributed by atoms with Gasteiger partial charge in [0.05, 0.1) is 6.42 Å². The molecule has 0 bridgehead atoms. The van der Waals surface area contributed by atoms with Gasteiger partial charge in [-0.05, 0) is 44.9 Å². The van der Waals surface area contributed by atoms with Crippen LogP contribution in [0.2, 0.25) is 5.02 Å². The monoisotopic (exact) mass is 418 g/mol. The molecule has 0 saturated carbocycles. The van der Waals surface area contributed by atoms with E-state index in [1.54, 1.807) is 13.0 Å². The number of rotatable bonds is 8. The minimum atomic E-state index is -0.705. The van der Waals surface area contributed by atoms with E-state index in [2.05, 4.69) is 5.32 Å². The molecule has 0 aliphatic rings. The van der Waals surface area contributed by atoms with Crippen LogP contribution in [0.25, 0.3) is 0 Å². The normalized spacial score (nSPS) is 12.9. The predicted molar refractivity (Wildman–Crippen MR) is 114 cm³/mol. The van der Waals surface area contributed by atoms with Crippen LogP contribution in [0, 0.1) is 12.7 Å². The molecule has 6 heteroatoms. The molecule has 2 aromatic rings. The number of nitrogens with zero attached hydrogens (tertiary/aromatic N) is 1. The van der Waals surface area contributed by atoms with Crippen molar-refractivity contribution in [3.8, 4) is 0 Å². The first-order valence-corrected chi connectivity index (χ1v) is 10.2. The van der Waals surface area contributed by atoms with Crippen molar-refractivity contribution in [1.29, 1.82) is 0 Å². The van der Waals surface area contributed by atoms with E-state index in [-0.39, 0.29) is 41.4 Å². The molecule has 2 atom stereocenters. The zero-order valence-corrected chi connectivity index (χ0v) is 18.1. The van der Waals surface area contributed by atoms with Crippen LogP contribution in [0.1, 0.15) is 43.9 Å². The average molecular weight is 419 g/mol. The Balaban J connectivity index is 2.28. The summed E-state index contributed by atoms with van der Waals surface area (Å²) in [5.41, 5.74) is 2.14. The quantitative estimate of drug-likeness (QED) is 0.677. The minimum Gasteiger partial charge on any atom is -0.352 e. The fourth-order valence-corrected chi connectivity index (χ4v) is 3.12. The fraction of sp³-hybridized carbons (Fsp3) is 0.391. The van der Waals surface area contributed by atoms with Gasteiger partial charge in [-0.25, -0.2) is 4.39 Å². The highest BCUT2D eigenvalue weighted by molar-refractivity contribution is 6.31. The van der Waals surface area contributed by atoms with Crippen molar-refractivity contribution in [2.45, 2.75) is 59.2 Å². The molecule has 2 amide bonds. The highest BCUT2D eigenvalue weighted by atomic mass is 35.5. The lowest BCUT2D eigenvalue weighted by atomic mass is 10.1. The van der Waals surface area contributed by atoms with Gasteiger partial charge in [0, 0.05) is 23.2 Å². The zero-order valence-electron chi connectivity index (χ0n) is 17.3. The number of amides is 2. The number of carbonyl (C=O) groups excluding carboxylic acids is 2. The Kier molecular flexibility index (Phi) is 8.21. The van der Waals surface area contributed by atoms with Crippen LogP contribution in [-0.4, -0.2) is 28.8 Å². The van der Waals surface area contributed by atoms with Crippen LogP contribution in [0.15, 0.2) is 42.5 Å². The van der Waals surface area contributed by atoms with Gasteiger partial charge in [0.1, 0.15) is 11.9 Å². The van der Waals surface area contributed by atoms with Crippen LogP contribution in [0.4, 0.5) is 4.39 Å². The number of aryl methyl sites for hydroxylation is 1. The number of halogens is 2. The van der Waals surface area contributed by atoms with Crippen LogP contribution in [0.3, 0.4) is 0 Å². The number of hydrogen-bond acceptors (Lipinski definition) is 2. The van der Waals surface area contributed by atoms with Crippen molar-refractivity contribution >= 4 is 23.4 Å². The molecule has 0 aromatic heterocycles. The lowest BCUT2D eigenvalue weighted by molar-refractivity contribution is -0.140. The molecule has 0 spiro atoms. The Bertz CT molecular complexity index is 834. The Morgan fingerprint density at radius 1 is 1.14 bits per heavy atom. The molecule has 2 rings (SSSR count). The molecule has 0 radical (unpaired) electrons. The second-order valence-electron chi connectivity index (χ2n) is 7.38. The molecule has 0 heterocycles. The van der Waals surface area contributed by atoms with E-state index >= 15 is 0 Å². The molecule has 0 aliphatic carbocycles. The maximum absolute atomic E-state index is 14.2. The summed E-state index contributed by atoms with van der Waals surface area (Å²) in [6, 6.07) is 11.4. The molecular weight excluding hydrogens is 391 g/mol. The zero-order chi connectivity index (χ0) is 21.6. The van der Waals surface area contributed by atoms with E-state index in [0.29, 0.717) is 0 Å². The average Bonchev–Trinajstić information content (AvgIpc) is 2.69. The third kappa shape index (κ3) is 6.29. The summed E-state index contributed by atoms with van der Waals surface area (Å²) < 4.78 is 14.2. The number of carbonyl (C=O) groups is 2. The van der Waals surface area contributed by atoms with E-state index in [1.807, 2.05) is 45.0 Å². The van der Waals surface area contributed by atoms with Crippen LogP contribution < -0.4 is 5.32 Å². The lowest BCUT2D eigenvalue weighted by Gasteiger charge is -2.30. The summed E-state index contributed by atoms with van der Waals surface area (Å²) in [7, 11) is 0. The topological polar surface area (TPSA) is 49.4 Å². The van der Waals surface area contributed by atoms with Crippen molar-refractivity contribution in [2.24, 2.45) is 0 Å². The maximum atomic E-state index is 14.2. The van der Waals surface area contributed by atoms with Gasteiger partial charge in [0.2, 0.25) is 11.8 Å². The largest absolute Gasteiger partial charge is 0.352 e. The Morgan fingerprint density at radius 2 is 1.79 bits per heavy atom. The summed E-state index contributed by atoms with van der Waals surface area (Å²) in [5, 5.41) is 3.11. The number of nitrogens with one attached hydrogen (secondary N) is 1. The van der Waals surface area contributed by atoms with Gasteiger partial charge < -0.3 is 10.2 Å². The van der Waals surface area contributed by atoms with E-state index < -0.39 is 11.9 Å². The van der Waals surface area contributed by atoms with Crippen LogP contribution in [0.5, 0.6) is 0 Å². The fourth-order valence-electron chi connectivity index (χ4n) is 2.89. The highest BCUT2D eigenvalue weighted by Crippen LogP contribution is 2.21. The molecule has 0 aliphatic heterocycles. The van der Waals surface area contributed by atoms with Gasteiger partial charge in [-0.15, -0.1) is 0 Å². The van der Waals surface area contributed by atoms with Crippen molar-refractivity contribution < 1.29 is 14.0 Å². The van der Waals surface area contributed by atoms with Gasteiger partial charge in [-0.1, -0.05) is 54.4 Å². The van der Waals surface area contributed by atoms with Gasteiger partial charge in [-0.2, -0.15) is 0 Å². The van der Waals surface area contributed by atoms with Gasteiger partial charge >= 0.3 is 0 Å². The summed E-state index contributed by atoms with van der Waals surface area (Å²) in [6.07, 6.45) is 0.577. The van der Waals surface area contributed by atoms with Crippen molar-refractivity contribution in [3.05, 3.63) is 70.0 Å². The standard InChI is InChI=1S/C23H28ClFN2O2/c1-5-16(3)26-23(29)17(4)27(14-18-11-9-15(2)10-12-18)22(28)13-19-20(24)7-6-8-21(19)25/h6-12,16-17H,5,13-14H2,1-4H3,(H,26,29)/t16-,17-/m0/s1. The summed E-state index contributed by atoms with van der Waals surface area (Å²) in [6.45, 7) is 7.81. The molecule has 4 nitrogen and oxygen atoms in total. The molecule has 1 N–H and O–H groups in total. The van der Waals surface area contributed by atoms with Gasteiger partial charge in [-0.3, -0.25) is 9.59 Å². The maximum Gasteiger partial charge on any atom is 0.242 e. The summed E-state index contributed by atoms with van der Waals surface area (Å²) >= 11 is 6.10. The number of benzene rings is 2. The third-order valence-electron chi connectivity index (χ3n) is 5.03. The minimum absolute atomic E-state index is 0.00212. The summed E-state index contributed by atoms with van der Waals surface area (Å²) in [4.78, 5) is 27.3. The Labute approximate surface area is 177 Å². The molecule has 2 aromatic carbocycles. The molecular formula is C23H28ClFN2O2. The SMILES string of the molecule is CC[C@H](C)NC(=O)[C@H](C)N(Cc1ccc(C)cc1)C(=O)Cc1c(F)cccc1Cl. The van der Waals surface area contributed by atoms with E-state index in [9.17, 15) is 14.0 Å². The first-order valence-electron chi connectivity index (χ1n) is 9.81. The van der Waals surface area contributed by atoms with Crippen molar-refractivity contribution in [2.75, 3.05) is 0 Å².